The smallest absolute Gasteiger partial charge is 0.335 e. The molecule has 118 valence electrons. The van der Waals surface area contributed by atoms with Crippen molar-refractivity contribution >= 4 is 11.9 Å². The Morgan fingerprint density at radius 1 is 1.17 bits per heavy atom. The monoisotopic (exact) mass is 313 g/mol. The minimum absolute atomic E-state index is 0.0680. The lowest BCUT2D eigenvalue weighted by Gasteiger charge is -2.06. The molecule has 1 fully saturated rings. The van der Waals surface area contributed by atoms with Gasteiger partial charge in [-0.2, -0.15) is 0 Å². The molecule has 2 aromatic rings. The molecular formula is C18H16FNO3. The van der Waals surface area contributed by atoms with E-state index in [1.54, 1.807) is 30.3 Å². The van der Waals surface area contributed by atoms with Gasteiger partial charge in [0.25, 0.3) is 0 Å². The van der Waals surface area contributed by atoms with Crippen LogP contribution in [0.15, 0.2) is 48.5 Å². The summed E-state index contributed by atoms with van der Waals surface area (Å²) in [6, 6.07) is 12.9. The van der Waals surface area contributed by atoms with Crippen LogP contribution >= 0.6 is 0 Å². The van der Waals surface area contributed by atoms with Crippen LogP contribution in [-0.2, 0) is 11.3 Å². The number of carboxylic acids is 1. The topological polar surface area (TPSA) is 66.4 Å². The molecule has 0 radical (unpaired) electrons. The molecule has 1 aliphatic rings. The van der Waals surface area contributed by atoms with Crippen molar-refractivity contribution in [3.63, 3.8) is 0 Å². The van der Waals surface area contributed by atoms with Crippen molar-refractivity contribution in [1.29, 1.82) is 0 Å². The number of carboxylic acid groups (broad SMARTS) is 1. The minimum atomic E-state index is -1.00. The molecule has 4 nitrogen and oxygen atoms in total. The van der Waals surface area contributed by atoms with Gasteiger partial charge in [0, 0.05) is 12.5 Å². The maximum Gasteiger partial charge on any atom is 0.335 e. The van der Waals surface area contributed by atoms with Crippen molar-refractivity contribution in [2.45, 2.75) is 18.9 Å². The Hall–Kier alpha value is -2.69. The first kappa shape index (κ1) is 15.2. The van der Waals surface area contributed by atoms with Gasteiger partial charge in [-0.3, -0.25) is 4.79 Å². The van der Waals surface area contributed by atoms with Crippen LogP contribution < -0.4 is 5.32 Å². The molecule has 23 heavy (non-hydrogen) atoms. The van der Waals surface area contributed by atoms with Crippen LogP contribution in [0.4, 0.5) is 4.39 Å². The van der Waals surface area contributed by atoms with E-state index in [0.29, 0.717) is 12.0 Å². The van der Waals surface area contributed by atoms with Gasteiger partial charge in [-0.1, -0.05) is 30.3 Å². The van der Waals surface area contributed by atoms with Gasteiger partial charge >= 0.3 is 5.97 Å². The van der Waals surface area contributed by atoms with Crippen molar-refractivity contribution in [3.8, 4) is 0 Å². The van der Waals surface area contributed by atoms with E-state index in [0.717, 1.165) is 5.56 Å². The molecule has 0 spiro atoms. The fraction of sp³-hybridized carbons (Fsp3) is 0.222. The maximum atomic E-state index is 13.7. The molecule has 2 aromatic carbocycles. The van der Waals surface area contributed by atoms with Crippen LogP contribution in [0.3, 0.4) is 0 Å². The minimum Gasteiger partial charge on any atom is -0.478 e. The molecule has 2 N–H and O–H groups in total. The molecule has 1 aliphatic carbocycles. The predicted octanol–water partition coefficient (Wildman–Crippen LogP) is 2.94. The Balaban J connectivity index is 1.58. The lowest BCUT2D eigenvalue weighted by molar-refractivity contribution is -0.122. The van der Waals surface area contributed by atoms with E-state index in [4.69, 9.17) is 5.11 Å². The fourth-order valence-corrected chi connectivity index (χ4v) is 2.74. The Labute approximate surface area is 133 Å². The number of carbonyl (C=O) groups excluding carboxylic acids is 1. The number of hydrogen-bond acceptors (Lipinski definition) is 2. The van der Waals surface area contributed by atoms with E-state index in [1.807, 2.05) is 0 Å². The zero-order valence-electron chi connectivity index (χ0n) is 12.3. The third-order valence-corrected chi connectivity index (χ3v) is 4.07. The molecule has 5 heteroatoms. The number of aromatic carboxylic acids is 1. The average Bonchev–Trinajstić information content (AvgIpc) is 3.34. The summed E-state index contributed by atoms with van der Waals surface area (Å²) in [5.74, 6) is -1.68. The fourth-order valence-electron chi connectivity index (χ4n) is 2.74. The molecule has 2 atom stereocenters. The third-order valence-electron chi connectivity index (χ3n) is 4.07. The van der Waals surface area contributed by atoms with Crippen molar-refractivity contribution in [2.75, 3.05) is 0 Å². The summed E-state index contributed by atoms with van der Waals surface area (Å²) in [5, 5.41) is 11.7. The molecule has 0 saturated heterocycles. The Morgan fingerprint density at radius 2 is 1.96 bits per heavy atom. The molecule has 2 unspecified atom stereocenters. The zero-order valence-corrected chi connectivity index (χ0v) is 12.3. The van der Waals surface area contributed by atoms with Gasteiger partial charge < -0.3 is 10.4 Å². The van der Waals surface area contributed by atoms with Gasteiger partial charge in [0.05, 0.1) is 5.56 Å². The van der Waals surface area contributed by atoms with Gasteiger partial charge in [-0.15, -0.1) is 0 Å². The first-order chi connectivity index (χ1) is 11.1. The average molecular weight is 313 g/mol. The summed E-state index contributed by atoms with van der Waals surface area (Å²) in [4.78, 5) is 23.1. The van der Waals surface area contributed by atoms with Gasteiger partial charge in [0.1, 0.15) is 5.82 Å². The number of benzene rings is 2. The van der Waals surface area contributed by atoms with E-state index in [2.05, 4.69) is 5.32 Å². The highest BCUT2D eigenvalue weighted by Crippen LogP contribution is 2.48. The predicted molar refractivity (Wildman–Crippen MR) is 82.5 cm³/mol. The van der Waals surface area contributed by atoms with E-state index in [1.165, 1.54) is 18.2 Å². The highest BCUT2D eigenvalue weighted by Gasteiger charge is 2.44. The standard InChI is InChI=1S/C18H16FNO3/c19-16-7-2-1-6-13(16)14-9-15(14)17(21)20-10-11-4-3-5-12(8-11)18(22)23/h1-8,14-15H,9-10H2,(H,20,21)(H,22,23). The second-order valence-electron chi connectivity index (χ2n) is 5.69. The molecule has 1 amide bonds. The molecule has 1 saturated carbocycles. The second kappa shape index (κ2) is 6.20. The molecule has 0 bridgehead atoms. The van der Waals surface area contributed by atoms with Crippen LogP contribution in [0.2, 0.25) is 0 Å². The summed E-state index contributed by atoms with van der Waals surface area (Å²) >= 11 is 0. The Bertz CT molecular complexity index is 759. The summed E-state index contributed by atoms with van der Waals surface area (Å²) in [6.07, 6.45) is 0.641. The summed E-state index contributed by atoms with van der Waals surface area (Å²) in [6.45, 7) is 0.264. The van der Waals surface area contributed by atoms with E-state index in [-0.39, 0.29) is 35.7 Å². The number of halogens is 1. The van der Waals surface area contributed by atoms with Crippen molar-refractivity contribution in [1.82, 2.24) is 5.32 Å². The van der Waals surface area contributed by atoms with Gasteiger partial charge in [-0.25, -0.2) is 9.18 Å². The molecule has 0 aromatic heterocycles. The van der Waals surface area contributed by atoms with Crippen molar-refractivity contribution in [3.05, 3.63) is 71.0 Å². The zero-order chi connectivity index (χ0) is 16.4. The van der Waals surface area contributed by atoms with E-state index in [9.17, 15) is 14.0 Å². The molecular weight excluding hydrogens is 297 g/mol. The van der Waals surface area contributed by atoms with Crippen LogP contribution in [0, 0.1) is 11.7 Å². The molecule has 0 heterocycles. The lowest BCUT2D eigenvalue weighted by Crippen LogP contribution is -2.25. The highest BCUT2D eigenvalue weighted by molar-refractivity contribution is 5.87. The summed E-state index contributed by atoms with van der Waals surface area (Å²) < 4.78 is 13.7. The van der Waals surface area contributed by atoms with Crippen LogP contribution in [0.1, 0.15) is 33.8 Å². The van der Waals surface area contributed by atoms with Crippen molar-refractivity contribution in [2.24, 2.45) is 5.92 Å². The second-order valence-corrected chi connectivity index (χ2v) is 5.69. The third kappa shape index (κ3) is 3.39. The first-order valence-corrected chi connectivity index (χ1v) is 7.40. The number of hydrogen-bond donors (Lipinski definition) is 2. The molecule has 0 aliphatic heterocycles. The van der Waals surface area contributed by atoms with E-state index >= 15 is 0 Å². The van der Waals surface area contributed by atoms with Gasteiger partial charge in [0.15, 0.2) is 0 Å². The van der Waals surface area contributed by atoms with Crippen LogP contribution in [0.25, 0.3) is 0 Å². The Morgan fingerprint density at radius 3 is 2.70 bits per heavy atom. The number of amides is 1. The SMILES string of the molecule is O=C(O)c1cccc(CNC(=O)C2CC2c2ccccc2F)c1. The largest absolute Gasteiger partial charge is 0.478 e. The van der Waals surface area contributed by atoms with Crippen LogP contribution in [-0.4, -0.2) is 17.0 Å². The van der Waals surface area contributed by atoms with Crippen molar-refractivity contribution < 1.29 is 19.1 Å². The van der Waals surface area contributed by atoms with E-state index < -0.39 is 5.97 Å². The Kier molecular flexibility index (Phi) is 4.10. The normalized spacial score (nSPS) is 19.2. The quantitative estimate of drug-likeness (QED) is 0.892. The molecule has 3 rings (SSSR count). The maximum absolute atomic E-state index is 13.7. The van der Waals surface area contributed by atoms with Crippen LogP contribution in [0.5, 0.6) is 0 Å². The first-order valence-electron chi connectivity index (χ1n) is 7.40. The lowest BCUT2D eigenvalue weighted by atomic mass is 10.1. The summed E-state index contributed by atoms with van der Waals surface area (Å²) in [5.41, 5.74) is 1.49. The number of carbonyl (C=O) groups is 2. The van der Waals surface area contributed by atoms with Gasteiger partial charge in [-0.05, 0) is 41.7 Å². The number of rotatable bonds is 5. The number of nitrogens with one attached hydrogen (secondary N) is 1. The highest BCUT2D eigenvalue weighted by atomic mass is 19.1. The van der Waals surface area contributed by atoms with Gasteiger partial charge in [0.2, 0.25) is 5.91 Å². The summed E-state index contributed by atoms with van der Waals surface area (Å²) in [7, 11) is 0.